The third kappa shape index (κ3) is 3.12. The molecular weight excluding hydrogens is 254 g/mol. The van der Waals surface area contributed by atoms with E-state index in [-0.39, 0.29) is 11.7 Å². The van der Waals surface area contributed by atoms with Crippen LogP contribution in [-0.4, -0.2) is 21.0 Å². The third-order valence-corrected chi connectivity index (χ3v) is 3.10. The second kappa shape index (κ2) is 5.69. The Bertz CT molecular complexity index is 654. The summed E-state index contributed by atoms with van der Waals surface area (Å²) in [6, 6.07) is 6.23. The number of benzene rings is 1. The molecule has 1 aromatic heterocycles. The van der Waals surface area contributed by atoms with Crippen LogP contribution in [0.25, 0.3) is 0 Å². The molecule has 1 heterocycles. The van der Waals surface area contributed by atoms with Crippen molar-refractivity contribution in [2.45, 2.75) is 27.3 Å². The minimum atomic E-state index is -0.250. The average Bonchev–Trinajstić information content (AvgIpc) is 2.41. The van der Waals surface area contributed by atoms with Crippen molar-refractivity contribution in [2.75, 3.05) is 0 Å². The zero-order valence-corrected chi connectivity index (χ0v) is 11.8. The summed E-state index contributed by atoms with van der Waals surface area (Å²) in [6.45, 7) is 5.98. The molecule has 1 aromatic carbocycles. The van der Waals surface area contributed by atoms with Crippen molar-refractivity contribution in [1.29, 1.82) is 0 Å². The van der Waals surface area contributed by atoms with Gasteiger partial charge in [-0.3, -0.25) is 14.8 Å². The summed E-state index contributed by atoms with van der Waals surface area (Å²) in [5.41, 5.74) is 3.73. The SMILES string of the molecule is Cc1nc(C)c(CNC(=O)c2cccc(O)c2)nc1C. The van der Waals surface area contributed by atoms with Gasteiger partial charge < -0.3 is 10.4 Å². The number of carbonyl (C=O) groups is 1. The molecule has 0 aliphatic rings. The van der Waals surface area contributed by atoms with Crippen LogP contribution in [0.2, 0.25) is 0 Å². The van der Waals surface area contributed by atoms with Crippen LogP contribution in [0.1, 0.15) is 33.1 Å². The number of aromatic hydroxyl groups is 1. The Morgan fingerprint density at radius 1 is 1.15 bits per heavy atom. The van der Waals surface area contributed by atoms with E-state index in [1.165, 1.54) is 12.1 Å². The molecule has 2 aromatic rings. The summed E-state index contributed by atoms with van der Waals surface area (Å²) < 4.78 is 0. The number of aromatic nitrogens is 2. The van der Waals surface area contributed by atoms with Crippen molar-refractivity contribution in [1.82, 2.24) is 15.3 Å². The van der Waals surface area contributed by atoms with E-state index < -0.39 is 0 Å². The molecule has 104 valence electrons. The quantitative estimate of drug-likeness (QED) is 0.895. The fraction of sp³-hybridized carbons (Fsp3) is 0.267. The molecule has 0 saturated heterocycles. The van der Waals surface area contributed by atoms with E-state index in [0.29, 0.717) is 12.1 Å². The van der Waals surface area contributed by atoms with Crippen LogP contribution in [0.5, 0.6) is 5.75 Å². The number of phenolic OH excluding ortho intramolecular Hbond substituents is 1. The predicted octanol–water partition coefficient (Wildman–Crippen LogP) is 2.04. The van der Waals surface area contributed by atoms with Gasteiger partial charge in [0.2, 0.25) is 0 Å². The molecule has 0 atom stereocenters. The maximum absolute atomic E-state index is 12.0. The zero-order valence-electron chi connectivity index (χ0n) is 11.8. The fourth-order valence-electron chi connectivity index (χ4n) is 1.84. The van der Waals surface area contributed by atoms with Crippen LogP contribution in [0.15, 0.2) is 24.3 Å². The van der Waals surface area contributed by atoms with Crippen LogP contribution in [0, 0.1) is 20.8 Å². The van der Waals surface area contributed by atoms with Gasteiger partial charge >= 0.3 is 0 Å². The van der Waals surface area contributed by atoms with Gasteiger partial charge in [-0.15, -0.1) is 0 Å². The van der Waals surface area contributed by atoms with Crippen LogP contribution < -0.4 is 5.32 Å². The van der Waals surface area contributed by atoms with Crippen molar-refractivity contribution >= 4 is 5.91 Å². The van der Waals surface area contributed by atoms with Crippen LogP contribution >= 0.6 is 0 Å². The van der Waals surface area contributed by atoms with Gasteiger partial charge in [0.05, 0.1) is 29.3 Å². The minimum Gasteiger partial charge on any atom is -0.508 e. The maximum Gasteiger partial charge on any atom is 0.251 e. The van der Waals surface area contributed by atoms with Gasteiger partial charge in [0.1, 0.15) is 5.75 Å². The number of hydrogen-bond donors (Lipinski definition) is 2. The summed E-state index contributed by atoms with van der Waals surface area (Å²) in [7, 11) is 0. The van der Waals surface area contributed by atoms with E-state index in [1.54, 1.807) is 12.1 Å². The Kier molecular flexibility index (Phi) is 3.98. The molecule has 5 nitrogen and oxygen atoms in total. The van der Waals surface area contributed by atoms with E-state index in [9.17, 15) is 9.90 Å². The number of aryl methyl sites for hydroxylation is 3. The molecule has 0 bridgehead atoms. The number of hydrogen-bond acceptors (Lipinski definition) is 4. The monoisotopic (exact) mass is 271 g/mol. The molecule has 0 spiro atoms. The fourth-order valence-corrected chi connectivity index (χ4v) is 1.84. The van der Waals surface area contributed by atoms with Crippen molar-refractivity contribution in [3.63, 3.8) is 0 Å². The summed E-state index contributed by atoms with van der Waals surface area (Å²) in [5, 5.41) is 12.1. The van der Waals surface area contributed by atoms with Crippen LogP contribution in [-0.2, 0) is 6.54 Å². The first-order chi connectivity index (χ1) is 9.47. The molecule has 2 rings (SSSR count). The second-order valence-electron chi connectivity index (χ2n) is 4.66. The first-order valence-corrected chi connectivity index (χ1v) is 6.35. The maximum atomic E-state index is 12.0. The molecule has 20 heavy (non-hydrogen) atoms. The smallest absolute Gasteiger partial charge is 0.251 e. The van der Waals surface area contributed by atoms with E-state index in [1.807, 2.05) is 20.8 Å². The Morgan fingerprint density at radius 2 is 1.85 bits per heavy atom. The van der Waals surface area contributed by atoms with Crippen molar-refractivity contribution in [3.8, 4) is 5.75 Å². The highest BCUT2D eigenvalue weighted by atomic mass is 16.3. The van der Waals surface area contributed by atoms with Gasteiger partial charge in [0, 0.05) is 5.56 Å². The van der Waals surface area contributed by atoms with Gasteiger partial charge in [0.25, 0.3) is 5.91 Å². The lowest BCUT2D eigenvalue weighted by atomic mass is 10.2. The second-order valence-corrected chi connectivity index (χ2v) is 4.66. The van der Waals surface area contributed by atoms with Crippen molar-refractivity contribution in [2.24, 2.45) is 0 Å². The Balaban J connectivity index is 2.09. The lowest BCUT2D eigenvalue weighted by Gasteiger charge is -2.09. The molecule has 0 radical (unpaired) electrons. The predicted molar refractivity (Wildman–Crippen MR) is 75.5 cm³/mol. The molecule has 2 N–H and O–H groups in total. The van der Waals surface area contributed by atoms with Gasteiger partial charge in [-0.25, -0.2) is 0 Å². The number of nitrogens with zero attached hydrogens (tertiary/aromatic N) is 2. The summed E-state index contributed by atoms with van der Waals surface area (Å²) in [5.74, 6) is -0.180. The van der Waals surface area contributed by atoms with E-state index in [0.717, 1.165) is 22.8 Å². The summed E-state index contributed by atoms with van der Waals surface area (Å²) in [4.78, 5) is 20.8. The Labute approximate surface area is 117 Å². The van der Waals surface area contributed by atoms with E-state index >= 15 is 0 Å². The molecule has 0 fully saturated rings. The van der Waals surface area contributed by atoms with Crippen molar-refractivity contribution < 1.29 is 9.90 Å². The third-order valence-electron chi connectivity index (χ3n) is 3.10. The van der Waals surface area contributed by atoms with Crippen LogP contribution in [0.3, 0.4) is 0 Å². The topological polar surface area (TPSA) is 75.1 Å². The van der Waals surface area contributed by atoms with E-state index in [4.69, 9.17) is 0 Å². The highest BCUT2D eigenvalue weighted by Gasteiger charge is 2.09. The molecule has 0 aliphatic carbocycles. The number of carbonyl (C=O) groups excluding carboxylic acids is 1. The molecular formula is C15H17N3O2. The van der Waals surface area contributed by atoms with Gasteiger partial charge in [-0.1, -0.05) is 6.07 Å². The van der Waals surface area contributed by atoms with Crippen LogP contribution in [0.4, 0.5) is 0 Å². The lowest BCUT2D eigenvalue weighted by Crippen LogP contribution is -2.24. The van der Waals surface area contributed by atoms with E-state index in [2.05, 4.69) is 15.3 Å². The largest absolute Gasteiger partial charge is 0.508 e. The minimum absolute atomic E-state index is 0.0693. The lowest BCUT2D eigenvalue weighted by molar-refractivity contribution is 0.0950. The van der Waals surface area contributed by atoms with Gasteiger partial charge in [-0.05, 0) is 39.0 Å². The number of amides is 1. The molecule has 5 heteroatoms. The summed E-state index contributed by atoms with van der Waals surface area (Å²) in [6.07, 6.45) is 0. The average molecular weight is 271 g/mol. The number of nitrogens with one attached hydrogen (secondary N) is 1. The molecule has 0 saturated carbocycles. The summed E-state index contributed by atoms with van der Waals surface area (Å²) >= 11 is 0. The molecule has 1 amide bonds. The molecule has 0 unspecified atom stereocenters. The normalized spacial score (nSPS) is 10.3. The first-order valence-electron chi connectivity index (χ1n) is 6.35. The number of rotatable bonds is 3. The standard InChI is InChI=1S/C15H17N3O2/c1-9-10(2)18-14(11(3)17-9)8-16-15(20)12-5-4-6-13(19)7-12/h4-7,19H,8H2,1-3H3,(H,16,20). The Hall–Kier alpha value is -2.43. The van der Waals surface area contributed by atoms with Gasteiger partial charge in [0.15, 0.2) is 0 Å². The van der Waals surface area contributed by atoms with Crippen molar-refractivity contribution in [3.05, 3.63) is 52.6 Å². The Morgan fingerprint density at radius 3 is 2.55 bits per heavy atom. The first kappa shape index (κ1) is 14.0. The molecule has 0 aliphatic heterocycles. The van der Waals surface area contributed by atoms with Gasteiger partial charge in [-0.2, -0.15) is 0 Å². The highest BCUT2D eigenvalue weighted by molar-refractivity contribution is 5.94. The highest BCUT2D eigenvalue weighted by Crippen LogP contribution is 2.11. The number of phenols is 1. The zero-order chi connectivity index (χ0) is 14.7.